The molecular weight excluding hydrogens is 434 g/mol. The zero-order chi connectivity index (χ0) is 24.3. The van der Waals surface area contributed by atoms with Crippen molar-refractivity contribution in [1.82, 2.24) is 0 Å². The third-order valence-corrected chi connectivity index (χ3v) is 5.35. The van der Waals surface area contributed by atoms with Crippen LogP contribution in [0.1, 0.15) is 11.1 Å². The molecule has 7 nitrogen and oxygen atoms in total. The fourth-order valence-electron chi connectivity index (χ4n) is 3.59. The molecule has 0 amide bonds. The van der Waals surface area contributed by atoms with Gasteiger partial charge in [-0.2, -0.15) is 0 Å². The number of hydrogen-bond acceptors (Lipinski definition) is 7. The molecule has 0 heterocycles. The van der Waals surface area contributed by atoms with E-state index in [2.05, 4.69) is 53.4 Å². The fourth-order valence-corrected chi connectivity index (χ4v) is 3.59. The maximum Gasteiger partial charge on any atom is 0.0701 e. The van der Waals surface area contributed by atoms with Gasteiger partial charge in [0.05, 0.1) is 59.5 Å². The van der Waals surface area contributed by atoms with Gasteiger partial charge in [-0.1, -0.05) is 36.4 Å². The topological polar surface area (TPSA) is 58.6 Å². The zero-order valence-electron chi connectivity index (χ0n) is 21.0. The monoisotopic (exact) mass is 475 g/mol. The molecule has 0 saturated carbocycles. The van der Waals surface area contributed by atoms with E-state index < -0.39 is 0 Å². The van der Waals surface area contributed by atoms with E-state index in [1.165, 1.54) is 22.5 Å². The quantitative estimate of drug-likeness (QED) is 0.269. The van der Waals surface area contributed by atoms with Crippen LogP contribution in [-0.4, -0.2) is 87.3 Å². The maximum atomic E-state index is 5.83. The van der Waals surface area contributed by atoms with E-state index in [4.69, 9.17) is 28.4 Å². The largest absolute Gasteiger partial charge is 0.382 e. The summed E-state index contributed by atoms with van der Waals surface area (Å²) in [5, 5.41) is 0. The predicted molar refractivity (Wildman–Crippen MR) is 135 cm³/mol. The summed E-state index contributed by atoms with van der Waals surface area (Å²) in [5.74, 6) is 0. The van der Waals surface area contributed by atoms with Crippen molar-refractivity contribution < 1.29 is 28.4 Å². The fraction of sp³-hybridized carbons (Fsp3) is 0.556. The van der Waals surface area contributed by atoms with Crippen molar-refractivity contribution in [2.45, 2.75) is 12.8 Å². The van der Waals surface area contributed by atoms with Crippen molar-refractivity contribution in [3.8, 4) is 0 Å². The van der Waals surface area contributed by atoms with E-state index in [1.54, 1.807) is 21.3 Å². The van der Waals surface area contributed by atoms with Gasteiger partial charge >= 0.3 is 0 Å². The first-order valence-electron chi connectivity index (χ1n) is 11.9. The molecular formula is C27H41NO6. The molecule has 0 atom stereocenters. The highest BCUT2D eigenvalue weighted by Crippen LogP contribution is 2.32. The lowest BCUT2D eigenvalue weighted by Gasteiger charge is -2.29. The molecule has 34 heavy (non-hydrogen) atoms. The Bertz CT molecular complexity index is 715. The Morgan fingerprint density at radius 3 is 1.35 bits per heavy atom. The molecule has 0 fully saturated rings. The third-order valence-electron chi connectivity index (χ3n) is 5.35. The van der Waals surface area contributed by atoms with Crippen LogP contribution in [0.5, 0.6) is 0 Å². The molecule has 190 valence electrons. The van der Waals surface area contributed by atoms with E-state index in [9.17, 15) is 0 Å². The molecule has 0 unspecified atom stereocenters. The highest BCUT2D eigenvalue weighted by atomic mass is 16.5. The van der Waals surface area contributed by atoms with Crippen LogP contribution in [0.25, 0.3) is 0 Å². The molecule has 0 bridgehead atoms. The van der Waals surface area contributed by atoms with Gasteiger partial charge in [-0.05, 0) is 36.1 Å². The minimum Gasteiger partial charge on any atom is -0.382 e. The van der Waals surface area contributed by atoms with Gasteiger partial charge in [0.15, 0.2) is 0 Å². The summed E-state index contributed by atoms with van der Waals surface area (Å²) in [6.07, 6.45) is 1.65. The van der Waals surface area contributed by atoms with Gasteiger partial charge in [-0.15, -0.1) is 0 Å². The van der Waals surface area contributed by atoms with Crippen molar-refractivity contribution >= 4 is 11.4 Å². The van der Waals surface area contributed by atoms with Gasteiger partial charge in [0, 0.05) is 39.2 Å². The Morgan fingerprint density at radius 2 is 0.912 bits per heavy atom. The van der Waals surface area contributed by atoms with E-state index in [0.29, 0.717) is 59.5 Å². The average molecular weight is 476 g/mol. The minimum atomic E-state index is 0.578. The van der Waals surface area contributed by atoms with Gasteiger partial charge in [-0.3, -0.25) is 0 Å². The van der Waals surface area contributed by atoms with Crippen LogP contribution in [0, 0.1) is 0 Å². The second-order valence-electron chi connectivity index (χ2n) is 7.72. The second kappa shape index (κ2) is 18.3. The van der Waals surface area contributed by atoms with Crippen LogP contribution in [0.15, 0.2) is 48.5 Å². The Hall–Kier alpha value is -2.00. The lowest BCUT2D eigenvalue weighted by molar-refractivity contribution is 0.0720. The first-order chi connectivity index (χ1) is 16.8. The summed E-state index contributed by atoms with van der Waals surface area (Å²) in [6, 6.07) is 17.0. The van der Waals surface area contributed by atoms with Crippen LogP contribution in [0.3, 0.4) is 0 Å². The number of para-hydroxylation sites is 2. The number of rotatable bonds is 20. The lowest BCUT2D eigenvalue weighted by Crippen LogP contribution is -2.25. The van der Waals surface area contributed by atoms with Crippen molar-refractivity contribution in [3.05, 3.63) is 59.7 Å². The average Bonchev–Trinajstić information content (AvgIpc) is 2.87. The number of anilines is 2. The van der Waals surface area contributed by atoms with Crippen LogP contribution in [0.4, 0.5) is 11.4 Å². The molecule has 2 aromatic rings. The summed E-state index contributed by atoms with van der Waals surface area (Å²) in [4.78, 5) is 2.35. The van der Waals surface area contributed by atoms with Gasteiger partial charge in [0.2, 0.25) is 0 Å². The predicted octanol–water partition coefficient (Wildman–Crippen LogP) is 3.90. The summed E-state index contributed by atoms with van der Waals surface area (Å²) in [5.41, 5.74) is 4.81. The van der Waals surface area contributed by atoms with Crippen LogP contribution >= 0.6 is 0 Å². The number of benzene rings is 2. The first-order valence-corrected chi connectivity index (χ1v) is 11.9. The summed E-state index contributed by atoms with van der Waals surface area (Å²) in [6.45, 7) is 6.19. The van der Waals surface area contributed by atoms with Gasteiger partial charge in [-0.25, -0.2) is 0 Å². The minimum absolute atomic E-state index is 0.578. The molecule has 0 spiro atoms. The first kappa shape index (κ1) is 28.2. The second-order valence-corrected chi connectivity index (χ2v) is 7.72. The van der Waals surface area contributed by atoms with Crippen LogP contribution in [0.2, 0.25) is 0 Å². The van der Waals surface area contributed by atoms with E-state index in [1.807, 2.05) is 0 Å². The molecule has 0 saturated heterocycles. The highest BCUT2D eigenvalue weighted by Gasteiger charge is 2.16. The molecule has 2 rings (SSSR count). The highest BCUT2D eigenvalue weighted by molar-refractivity contribution is 5.69. The van der Waals surface area contributed by atoms with Gasteiger partial charge < -0.3 is 33.3 Å². The molecule has 0 aliphatic rings. The smallest absolute Gasteiger partial charge is 0.0701 e. The Kier molecular flexibility index (Phi) is 15.2. The molecule has 0 aliphatic heterocycles. The van der Waals surface area contributed by atoms with E-state index in [0.717, 1.165) is 19.4 Å². The molecule has 2 aromatic carbocycles. The maximum absolute atomic E-state index is 5.83. The summed E-state index contributed by atoms with van der Waals surface area (Å²) >= 11 is 0. The van der Waals surface area contributed by atoms with E-state index in [-0.39, 0.29) is 0 Å². The molecule has 0 aliphatic carbocycles. The van der Waals surface area contributed by atoms with Crippen molar-refractivity contribution in [2.75, 3.05) is 92.2 Å². The van der Waals surface area contributed by atoms with Crippen LogP contribution < -0.4 is 4.90 Å². The van der Waals surface area contributed by atoms with Crippen molar-refractivity contribution in [3.63, 3.8) is 0 Å². The van der Waals surface area contributed by atoms with E-state index >= 15 is 0 Å². The molecule has 7 heteroatoms. The lowest BCUT2D eigenvalue weighted by atomic mass is 10.0. The number of hydrogen-bond donors (Lipinski definition) is 0. The van der Waals surface area contributed by atoms with Crippen LogP contribution in [-0.2, 0) is 41.3 Å². The Morgan fingerprint density at radius 1 is 0.500 bits per heavy atom. The number of nitrogens with zero attached hydrogens (tertiary/aromatic N) is 1. The SMILES string of the molecule is COCCOCCc1ccccc1N(CCOCCOC)c1ccccc1CCOCCOC. The van der Waals surface area contributed by atoms with Gasteiger partial charge in [0.1, 0.15) is 0 Å². The van der Waals surface area contributed by atoms with Crippen molar-refractivity contribution in [1.29, 1.82) is 0 Å². The number of ether oxygens (including phenoxy) is 6. The number of methoxy groups -OCH3 is 3. The Balaban J connectivity index is 2.19. The third kappa shape index (κ3) is 10.5. The zero-order valence-corrected chi connectivity index (χ0v) is 21.0. The molecule has 0 N–H and O–H groups in total. The van der Waals surface area contributed by atoms with Crippen molar-refractivity contribution in [2.24, 2.45) is 0 Å². The summed E-state index contributed by atoms with van der Waals surface area (Å²) in [7, 11) is 5.06. The molecule has 0 radical (unpaired) electrons. The normalized spacial score (nSPS) is 11.1. The Labute approximate surface area is 204 Å². The summed E-state index contributed by atoms with van der Waals surface area (Å²) < 4.78 is 32.6. The van der Waals surface area contributed by atoms with Gasteiger partial charge in [0.25, 0.3) is 0 Å². The standard InChI is InChI=1S/C27H41NO6/c1-29-18-21-32-15-12-24-8-4-6-10-26(24)28(14-17-34-23-20-31-3)27-11-7-5-9-25(27)13-16-33-22-19-30-2/h4-11H,12-23H2,1-3H3. The molecule has 0 aromatic heterocycles.